The van der Waals surface area contributed by atoms with Crippen LogP contribution in [0.25, 0.3) is 33.6 Å². The molecular weight excluding hydrogens is 417 g/mol. The van der Waals surface area contributed by atoms with Gasteiger partial charge in [-0.3, -0.25) is 4.98 Å². The number of nitrogens with zero attached hydrogens (tertiary/aromatic N) is 4. The normalized spacial score (nSPS) is 14.6. The lowest BCUT2D eigenvalue weighted by molar-refractivity contribution is 0.394. The van der Waals surface area contributed by atoms with Gasteiger partial charge in [0.2, 0.25) is 11.7 Å². The maximum atomic E-state index is 14.3. The van der Waals surface area contributed by atoms with Crippen LogP contribution in [0, 0.1) is 19.7 Å². The topological polar surface area (TPSA) is 81.1 Å². The van der Waals surface area contributed by atoms with Gasteiger partial charge in [-0.05, 0) is 54.7 Å². The Balaban J connectivity index is 1.68. The molecule has 2 N–H and O–H groups in total. The molecule has 0 amide bonds. The molecule has 1 saturated heterocycles. The Labute approximate surface area is 192 Å². The number of aromatic nitrogens is 3. The molecule has 0 radical (unpaired) electrons. The van der Waals surface area contributed by atoms with Gasteiger partial charge in [-0.2, -0.15) is 4.98 Å². The number of anilines is 1. The number of benzene rings is 2. The summed E-state index contributed by atoms with van der Waals surface area (Å²) >= 11 is 0. The fourth-order valence-corrected chi connectivity index (χ4v) is 4.47. The second-order valence-corrected chi connectivity index (χ2v) is 8.64. The molecule has 168 valence electrons. The van der Waals surface area contributed by atoms with E-state index in [1.54, 1.807) is 13.0 Å². The lowest BCUT2D eigenvalue weighted by Gasteiger charge is -2.35. The Morgan fingerprint density at radius 3 is 2.39 bits per heavy atom. The van der Waals surface area contributed by atoms with Crippen molar-refractivity contribution in [3.8, 4) is 33.6 Å². The Kier molecular flexibility index (Phi) is 5.64. The molecule has 0 bridgehead atoms. The molecular formula is C26H26FN5O. The number of pyridine rings is 1. The lowest BCUT2D eigenvalue weighted by Crippen LogP contribution is -2.40. The van der Waals surface area contributed by atoms with E-state index in [2.05, 4.69) is 20.0 Å². The van der Waals surface area contributed by atoms with Gasteiger partial charge >= 0.3 is 0 Å². The number of halogens is 1. The van der Waals surface area contributed by atoms with Gasteiger partial charge in [0.05, 0.1) is 5.69 Å². The van der Waals surface area contributed by atoms with Gasteiger partial charge in [0.25, 0.3) is 0 Å². The fourth-order valence-electron chi connectivity index (χ4n) is 4.47. The minimum absolute atomic E-state index is 0.205. The SMILES string of the molecule is Cc1cc(F)cc(-c2cncc(-c3cccc(-c4noc(C)n4)c3)c2N2CCC(N)CC2)c1. The average molecular weight is 444 g/mol. The van der Waals surface area contributed by atoms with E-state index in [0.717, 1.165) is 65.0 Å². The summed E-state index contributed by atoms with van der Waals surface area (Å²) in [6, 6.07) is 13.3. The summed E-state index contributed by atoms with van der Waals surface area (Å²) < 4.78 is 19.5. The van der Waals surface area contributed by atoms with Crippen molar-refractivity contribution in [1.82, 2.24) is 15.1 Å². The number of nitrogens with two attached hydrogens (primary N) is 1. The van der Waals surface area contributed by atoms with E-state index in [-0.39, 0.29) is 11.9 Å². The van der Waals surface area contributed by atoms with E-state index in [4.69, 9.17) is 10.3 Å². The van der Waals surface area contributed by atoms with Crippen LogP contribution >= 0.6 is 0 Å². The zero-order valence-electron chi connectivity index (χ0n) is 18.8. The number of aryl methyl sites for hydroxylation is 2. The van der Waals surface area contributed by atoms with Crippen LogP contribution in [0.15, 0.2) is 59.4 Å². The largest absolute Gasteiger partial charge is 0.370 e. The molecule has 0 spiro atoms. The highest BCUT2D eigenvalue weighted by Crippen LogP contribution is 2.41. The van der Waals surface area contributed by atoms with Crippen LogP contribution in [0.4, 0.5) is 10.1 Å². The summed E-state index contributed by atoms with van der Waals surface area (Å²) in [7, 11) is 0. The van der Waals surface area contributed by atoms with Crippen LogP contribution in [-0.4, -0.2) is 34.3 Å². The predicted molar refractivity (Wildman–Crippen MR) is 127 cm³/mol. The Morgan fingerprint density at radius 2 is 1.70 bits per heavy atom. The van der Waals surface area contributed by atoms with E-state index in [9.17, 15) is 4.39 Å². The number of rotatable bonds is 4. The molecule has 2 aromatic carbocycles. The van der Waals surface area contributed by atoms with Gasteiger partial charge < -0.3 is 15.2 Å². The van der Waals surface area contributed by atoms with E-state index in [1.807, 2.05) is 49.6 Å². The molecule has 3 heterocycles. The highest BCUT2D eigenvalue weighted by atomic mass is 19.1. The summed E-state index contributed by atoms with van der Waals surface area (Å²) in [6.07, 6.45) is 5.52. The van der Waals surface area contributed by atoms with Crippen LogP contribution in [-0.2, 0) is 0 Å². The van der Waals surface area contributed by atoms with Crippen LogP contribution in [0.3, 0.4) is 0 Å². The summed E-state index contributed by atoms with van der Waals surface area (Å²) in [5.41, 5.74) is 12.7. The lowest BCUT2D eigenvalue weighted by atomic mass is 9.94. The first-order valence-corrected chi connectivity index (χ1v) is 11.1. The third-order valence-electron chi connectivity index (χ3n) is 6.09. The number of hydrogen-bond donors (Lipinski definition) is 1. The van der Waals surface area contributed by atoms with Crippen molar-refractivity contribution < 1.29 is 8.91 Å². The fraction of sp³-hybridized carbons (Fsp3) is 0.269. The minimum Gasteiger partial charge on any atom is -0.370 e. The summed E-state index contributed by atoms with van der Waals surface area (Å²) in [6.45, 7) is 5.35. The molecule has 0 atom stereocenters. The molecule has 5 rings (SSSR count). The summed E-state index contributed by atoms with van der Waals surface area (Å²) in [5.74, 6) is 0.812. The second-order valence-electron chi connectivity index (χ2n) is 8.64. The van der Waals surface area contributed by atoms with Crippen LogP contribution in [0.2, 0.25) is 0 Å². The second kappa shape index (κ2) is 8.75. The van der Waals surface area contributed by atoms with Gasteiger partial charge in [0.1, 0.15) is 5.82 Å². The van der Waals surface area contributed by atoms with Crippen molar-refractivity contribution in [3.05, 3.63) is 72.1 Å². The molecule has 1 fully saturated rings. The van der Waals surface area contributed by atoms with Crippen molar-refractivity contribution in [3.63, 3.8) is 0 Å². The highest BCUT2D eigenvalue weighted by molar-refractivity contribution is 5.91. The minimum atomic E-state index is -0.253. The van der Waals surface area contributed by atoms with E-state index in [1.165, 1.54) is 6.07 Å². The van der Waals surface area contributed by atoms with Crippen molar-refractivity contribution in [2.75, 3.05) is 18.0 Å². The maximum Gasteiger partial charge on any atom is 0.223 e. The van der Waals surface area contributed by atoms with Crippen LogP contribution < -0.4 is 10.6 Å². The van der Waals surface area contributed by atoms with E-state index in [0.29, 0.717) is 11.7 Å². The number of piperidine rings is 1. The Bertz CT molecular complexity index is 1270. The Morgan fingerprint density at radius 1 is 0.970 bits per heavy atom. The van der Waals surface area contributed by atoms with Crippen LogP contribution in [0.1, 0.15) is 24.3 Å². The van der Waals surface area contributed by atoms with Gasteiger partial charge in [0, 0.05) is 55.1 Å². The third kappa shape index (κ3) is 4.36. The first-order valence-electron chi connectivity index (χ1n) is 11.1. The molecule has 33 heavy (non-hydrogen) atoms. The molecule has 0 saturated carbocycles. The quantitative estimate of drug-likeness (QED) is 0.470. The van der Waals surface area contributed by atoms with Gasteiger partial charge in [-0.1, -0.05) is 29.4 Å². The highest BCUT2D eigenvalue weighted by Gasteiger charge is 2.23. The van der Waals surface area contributed by atoms with E-state index < -0.39 is 0 Å². The third-order valence-corrected chi connectivity index (χ3v) is 6.09. The van der Waals surface area contributed by atoms with Crippen molar-refractivity contribution in [1.29, 1.82) is 0 Å². The molecule has 6 nitrogen and oxygen atoms in total. The average Bonchev–Trinajstić information content (AvgIpc) is 3.25. The summed E-state index contributed by atoms with van der Waals surface area (Å²) in [5, 5.41) is 4.06. The molecule has 1 aliphatic rings. The molecule has 0 unspecified atom stereocenters. The molecule has 7 heteroatoms. The summed E-state index contributed by atoms with van der Waals surface area (Å²) in [4.78, 5) is 11.3. The Hall–Kier alpha value is -3.58. The van der Waals surface area contributed by atoms with Crippen LogP contribution in [0.5, 0.6) is 0 Å². The standard InChI is InChI=1S/C26H26FN5O/c1-16-10-20(13-21(27)11-16)24-15-29-14-23(25(24)32-8-6-22(28)7-9-32)18-4-3-5-19(12-18)26-30-17(2)33-31-26/h3-5,10-15,22H,6-9,28H2,1-2H3. The van der Waals surface area contributed by atoms with Crippen molar-refractivity contribution >= 4 is 5.69 Å². The first-order chi connectivity index (χ1) is 16.0. The van der Waals surface area contributed by atoms with Crippen molar-refractivity contribution in [2.24, 2.45) is 5.73 Å². The predicted octanol–water partition coefficient (Wildman–Crippen LogP) is 5.15. The molecule has 1 aliphatic heterocycles. The molecule has 4 aromatic rings. The van der Waals surface area contributed by atoms with E-state index >= 15 is 0 Å². The van der Waals surface area contributed by atoms with Gasteiger partial charge in [-0.15, -0.1) is 0 Å². The monoisotopic (exact) mass is 443 g/mol. The van der Waals surface area contributed by atoms with Crippen molar-refractivity contribution in [2.45, 2.75) is 32.7 Å². The molecule has 2 aromatic heterocycles. The van der Waals surface area contributed by atoms with Gasteiger partial charge in [-0.25, -0.2) is 4.39 Å². The smallest absolute Gasteiger partial charge is 0.223 e. The zero-order chi connectivity index (χ0) is 22.9. The molecule has 0 aliphatic carbocycles. The maximum absolute atomic E-state index is 14.3. The number of hydrogen-bond acceptors (Lipinski definition) is 6. The van der Waals surface area contributed by atoms with Gasteiger partial charge in [0.15, 0.2) is 0 Å². The zero-order valence-corrected chi connectivity index (χ0v) is 18.8. The first kappa shape index (κ1) is 21.3.